The Kier molecular flexibility index (Phi) is 2.92. The van der Waals surface area contributed by atoms with Crippen molar-refractivity contribution in [1.29, 1.82) is 0 Å². The van der Waals surface area contributed by atoms with Crippen LogP contribution in [-0.4, -0.2) is 46.8 Å². The normalized spacial score (nSPS) is 20.6. The SMILES string of the molecule is O=C(O)NC1CN(C(=O)C(F)(F)F)NC1=O. The number of carbonyl (C=O) groups excluding carboxylic acids is 2. The van der Waals surface area contributed by atoms with E-state index in [9.17, 15) is 27.6 Å². The summed E-state index contributed by atoms with van der Waals surface area (Å²) in [5.41, 5.74) is 1.61. The van der Waals surface area contributed by atoms with Gasteiger partial charge < -0.3 is 10.4 Å². The van der Waals surface area contributed by atoms with Crippen molar-refractivity contribution in [2.24, 2.45) is 0 Å². The molecule has 1 fully saturated rings. The Morgan fingerprint density at radius 3 is 2.50 bits per heavy atom. The second-order valence-corrected chi connectivity index (χ2v) is 2.89. The van der Waals surface area contributed by atoms with Crippen LogP contribution in [0.3, 0.4) is 0 Å². The highest BCUT2D eigenvalue weighted by molar-refractivity contribution is 5.92. The van der Waals surface area contributed by atoms with E-state index in [2.05, 4.69) is 0 Å². The van der Waals surface area contributed by atoms with Gasteiger partial charge in [0, 0.05) is 0 Å². The maximum absolute atomic E-state index is 11.9. The Morgan fingerprint density at radius 1 is 1.50 bits per heavy atom. The van der Waals surface area contributed by atoms with E-state index < -0.39 is 36.7 Å². The van der Waals surface area contributed by atoms with Crippen LogP contribution in [0, 0.1) is 0 Å². The molecule has 0 aromatic rings. The Bertz CT molecular complexity index is 342. The summed E-state index contributed by atoms with van der Waals surface area (Å²) in [6.07, 6.45) is -6.69. The van der Waals surface area contributed by atoms with Gasteiger partial charge in [0.15, 0.2) is 0 Å². The molecule has 0 radical (unpaired) electrons. The molecule has 0 aliphatic carbocycles. The number of halogens is 3. The Balaban J connectivity index is 2.67. The van der Waals surface area contributed by atoms with Crippen molar-refractivity contribution in [1.82, 2.24) is 15.8 Å². The van der Waals surface area contributed by atoms with E-state index in [0.717, 1.165) is 0 Å². The number of rotatable bonds is 1. The van der Waals surface area contributed by atoms with Gasteiger partial charge in [-0.25, -0.2) is 9.80 Å². The summed E-state index contributed by atoms with van der Waals surface area (Å²) in [5, 5.41) is 9.95. The fourth-order valence-electron chi connectivity index (χ4n) is 1.07. The van der Waals surface area contributed by atoms with Crippen molar-refractivity contribution in [3.63, 3.8) is 0 Å². The monoisotopic (exact) mass is 241 g/mol. The maximum Gasteiger partial charge on any atom is 0.473 e. The topological polar surface area (TPSA) is 98.7 Å². The van der Waals surface area contributed by atoms with Crippen LogP contribution in [0.25, 0.3) is 0 Å². The summed E-state index contributed by atoms with van der Waals surface area (Å²) in [6, 6.07) is -1.40. The predicted octanol–water partition coefficient (Wildman–Crippen LogP) is -0.942. The lowest BCUT2D eigenvalue weighted by Crippen LogP contribution is -2.46. The molecule has 1 atom stereocenters. The van der Waals surface area contributed by atoms with E-state index in [1.807, 2.05) is 0 Å². The first-order valence-corrected chi connectivity index (χ1v) is 3.90. The smallest absolute Gasteiger partial charge is 0.465 e. The van der Waals surface area contributed by atoms with Gasteiger partial charge in [-0.3, -0.25) is 15.0 Å². The minimum absolute atomic E-state index is 0.0168. The van der Waals surface area contributed by atoms with E-state index in [4.69, 9.17) is 5.11 Å². The van der Waals surface area contributed by atoms with E-state index in [0.29, 0.717) is 0 Å². The van der Waals surface area contributed by atoms with Crippen LogP contribution >= 0.6 is 0 Å². The molecule has 1 unspecified atom stereocenters. The zero-order chi connectivity index (χ0) is 12.5. The van der Waals surface area contributed by atoms with Crippen LogP contribution in [0.1, 0.15) is 0 Å². The van der Waals surface area contributed by atoms with Crippen LogP contribution in [0.2, 0.25) is 0 Å². The number of hydrogen-bond acceptors (Lipinski definition) is 3. The van der Waals surface area contributed by atoms with Crippen LogP contribution in [0.5, 0.6) is 0 Å². The molecule has 1 rings (SSSR count). The number of carboxylic acid groups (broad SMARTS) is 1. The Morgan fingerprint density at radius 2 is 2.06 bits per heavy atom. The molecular formula is C6H6F3N3O4. The lowest BCUT2D eigenvalue weighted by atomic mass is 10.3. The number of hydrazine groups is 1. The number of hydrogen-bond donors (Lipinski definition) is 3. The summed E-state index contributed by atoms with van der Waals surface area (Å²) in [7, 11) is 0. The highest BCUT2D eigenvalue weighted by atomic mass is 19.4. The van der Waals surface area contributed by atoms with Gasteiger partial charge in [-0.15, -0.1) is 0 Å². The fourth-order valence-corrected chi connectivity index (χ4v) is 1.07. The van der Waals surface area contributed by atoms with Crippen molar-refractivity contribution in [2.75, 3.05) is 6.54 Å². The molecule has 3 amide bonds. The van der Waals surface area contributed by atoms with Gasteiger partial charge in [0.25, 0.3) is 5.91 Å². The quantitative estimate of drug-likeness (QED) is 0.551. The first kappa shape index (κ1) is 12.1. The lowest BCUT2D eigenvalue weighted by Gasteiger charge is -2.16. The van der Waals surface area contributed by atoms with Crippen molar-refractivity contribution in [3.8, 4) is 0 Å². The number of nitrogens with zero attached hydrogens (tertiary/aromatic N) is 1. The van der Waals surface area contributed by atoms with Gasteiger partial charge in [0.1, 0.15) is 6.04 Å². The molecule has 0 aromatic carbocycles. The molecular weight excluding hydrogens is 235 g/mol. The molecule has 3 N–H and O–H groups in total. The standard InChI is InChI=1S/C6H6F3N3O4/c7-6(8,9)4(14)12-1-2(3(13)11-12)10-5(15)16/h2,10H,1H2,(H,11,13)(H,15,16). The molecule has 10 heteroatoms. The maximum atomic E-state index is 11.9. The summed E-state index contributed by atoms with van der Waals surface area (Å²) < 4.78 is 35.8. The second-order valence-electron chi connectivity index (χ2n) is 2.89. The molecule has 1 aliphatic rings. The molecule has 1 saturated heterocycles. The molecule has 7 nitrogen and oxygen atoms in total. The van der Waals surface area contributed by atoms with Gasteiger partial charge in [0.2, 0.25) is 0 Å². The van der Waals surface area contributed by atoms with Crippen LogP contribution < -0.4 is 10.7 Å². The summed E-state index contributed by atoms with van der Waals surface area (Å²) in [4.78, 5) is 31.8. The molecule has 1 aliphatic heterocycles. The minimum Gasteiger partial charge on any atom is -0.465 e. The fraction of sp³-hybridized carbons (Fsp3) is 0.500. The number of alkyl halides is 3. The molecule has 0 spiro atoms. The number of amides is 3. The van der Waals surface area contributed by atoms with Gasteiger partial charge >= 0.3 is 18.2 Å². The number of nitrogens with one attached hydrogen (secondary N) is 2. The third-order valence-corrected chi connectivity index (χ3v) is 1.71. The van der Waals surface area contributed by atoms with Crippen LogP contribution in [0.4, 0.5) is 18.0 Å². The average molecular weight is 241 g/mol. The third kappa shape index (κ3) is 2.52. The molecule has 0 saturated carbocycles. The highest BCUT2D eigenvalue weighted by Gasteiger charge is 2.47. The average Bonchev–Trinajstić information content (AvgIpc) is 2.44. The van der Waals surface area contributed by atoms with E-state index in [1.165, 1.54) is 0 Å². The van der Waals surface area contributed by atoms with Gasteiger partial charge in [0.05, 0.1) is 6.54 Å². The predicted molar refractivity (Wildman–Crippen MR) is 40.9 cm³/mol. The van der Waals surface area contributed by atoms with Crippen molar-refractivity contribution < 1.29 is 32.7 Å². The van der Waals surface area contributed by atoms with E-state index >= 15 is 0 Å². The van der Waals surface area contributed by atoms with Gasteiger partial charge in [-0.2, -0.15) is 13.2 Å². The minimum atomic E-state index is -5.12. The third-order valence-electron chi connectivity index (χ3n) is 1.71. The van der Waals surface area contributed by atoms with E-state index in [-0.39, 0.29) is 5.01 Å². The first-order chi connectivity index (χ1) is 7.21. The zero-order valence-corrected chi connectivity index (χ0v) is 7.54. The number of carbonyl (C=O) groups is 3. The first-order valence-electron chi connectivity index (χ1n) is 3.90. The largest absolute Gasteiger partial charge is 0.473 e. The van der Waals surface area contributed by atoms with Gasteiger partial charge in [-0.05, 0) is 0 Å². The molecule has 16 heavy (non-hydrogen) atoms. The van der Waals surface area contributed by atoms with Gasteiger partial charge in [-0.1, -0.05) is 0 Å². The van der Waals surface area contributed by atoms with Crippen molar-refractivity contribution in [3.05, 3.63) is 0 Å². The Hall–Kier alpha value is -2.00. The van der Waals surface area contributed by atoms with Crippen LogP contribution in [-0.2, 0) is 9.59 Å². The lowest BCUT2D eigenvalue weighted by molar-refractivity contribution is -0.187. The molecule has 0 aromatic heterocycles. The zero-order valence-electron chi connectivity index (χ0n) is 7.54. The summed E-state index contributed by atoms with van der Waals surface area (Å²) in [5.74, 6) is -3.27. The molecule has 90 valence electrons. The van der Waals surface area contributed by atoms with E-state index in [1.54, 1.807) is 10.7 Å². The summed E-state index contributed by atoms with van der Waals surface area (Å²) >= 11 is 0. The van der Waals surface area contributed by atoms with Crippen molar-refractivity contribution in [2.45, 2.75) is 12.2 Å². The molecule has 0 bridgehead atoms. The van der Waals surface area contributed by atoms with Crippen molar-refractivity contribution >= 4 is 17.9 Å². The van der Waals surface area contributed by atoms with Crippen LogP contribution in [0.15, 0.2) is 0 Å². The Labute approximate surface area is 86.2 Å². The highest BCUT2D eigenvalue weighted by Crippen LogP contribution is 2.19. The molecule has 1 heterocycles. The second kappa shape index (κ2) is 3.87. The summed E-state index contributed by atoms with van der Waals surface area (Å²) in [6.45, 7) is -0.705.